The molecule has 4 heteroatoms. The molecule has 2 bridgehead atoms. The lowest BCUT2D eigenvalue weighted by atomic mass is 9.89. The van der Waals surface area contributed by atoms with E-state index in [-0.39, 0.29) is 5.56 Å². The topological polar surface area (TPSA) is 46.9 Å². The van der Waals surface area contributed by atoms with Crippen LogP contribution in [0.3, 0.4) is 0 Å². The van der Waals surface area contributed by atoms with E-state index in [0.29, 0.717) is 11.8 Å². The minimum absolute atomic E-state index is 0.0292. The quantitative estimate of drug-likeness (QED) is 0.899. The molecule has 20 heavy (non-hydrogen) atoms. The SMILES string of the molecule is CC(C)CNc1cnn(CC2CC3CCC2C3)c(=O)c1. The number of anilines is 1. The number of aromatic nitrogens is 2. The van der Waals surface area contributed by atoms with Crippen molar-refractivity contribution < 1.29 is 0 Å². The maximum atomic E-state index is 12.1. The van der Waals surface area contributed by atoms with Crippen LogP contribution in [0.15, 0.2) is 17.1 Å². The summed E-state index contributed by atoms with van der Waals surface area (Å²) in [5.41, 5.74) is 0.870. The van der Waals surface area contributed by atoms with Gasteiger partial charge >= 0.3 is 0 Å². The Bertz CT molecular complexity index is 523. The summed E-state index contributed by atoms with van der Waals surface area (Å²) in [7, 11) is 0. The van der Waals surface area contributed by atoms with Gasteiger partial charge in [0, 0.05) is 19.2 Å². The summed E-state index contributed by atoms with van der Waals surface area (Å²) in [6.07, 6.45) is 7.23. The highest BCUT2D eigenvalue weighted by molar-refractivity contribution is 5.38. The Hall–Kier alpha value is -1.32. The highest BCUT2D eigenvalue weighted by atomic mass is 16.1. The molecule has 1 aromatic rings. The van der Waals surface area contributed by atoms with Crippen LogP contribution in [0.4, 0.5) is 5.69 Å². The van der Waals surface area contributed by atoms with Crippen LogP contribution in [-0.2, 0) is 6.54 Å². The van der Waals surface area contributed by atoms with E-state index in [1.165, 1.54) is 25.7 Å². The van der Waals surface area contributed by atoms with Crippen molar-refractivity contribution in [1.29, 1.82) is 0 Å². The van der Waals surface area contributed by atoms with Crippen LogP contribution in [0.25, 0.3) is 0 Å². The Labute approximate surface area is 120 Å². The first-order valence-electron chi connectivity index (χ1n) is 7.93. The van der Waals surface area contributed by atoms with Gasteiger partial charge in [0.15, 0.2) is 0 Å². The molecule has 2 saturated carbocycles. The van der Waals surface area contributed by atoms with Crippen molar-refractivity contribution in [1.82, 2.24) is 9.78 Å². The number of hydrogen-bond donors (Lipinski definition) is 1. The lowest BCUT2D eigenvalue weighted by Crippen LogP contribution is -2.28. The molecule has 0 aromatic carbocycles. The second-order valence-corrected chi connectivity index (χ2v) is 6.97. The third-order valence-electron chi connectivity index (χ3n) is 4.88. The molecule has 2 aliphatic carbocycles. The fraction of sp³-hybridized carbons (Fsp3) is 0.750. The maximum Gasteiger partial charge on any atom is 0.268 e. The summed E-state index contributed by atoms with van der Waals surface area (Å²) >= 11 is 0. The van der Waals surface area contributed by atoms with Gasteiger partial charge in [-0.3, -0.25) is 4.79 Å². The van der Waals surface area contributed by atoms with Gasteiger partial charge < -0.3 is 5.32 Å². The van der Waals surface area contributed by atoms with Gasteiger partial charge in [0.25, 0.3) is 5.56 Å². The van der Waals surface area contributed by atoms with Crippen molar-refractivity contribution in [3.8, 4) is 0 Å². The van der Waals surface area contributed by atoms with Crippen LogP contribution in [0.1, 0.15) is 39.5 Å². The van der Waals surface area contributed by atoms with E-state index in [0.717, 1.165) is 30.6 Å². The van der Waals surface area contributed by atoms with E-state index in [9.17, 15) is 4.79 Å². The Morgan fingerprint density at radius 2 is 2.25 bits per heavy atom. The summed E-state index contributed by atoms with van der Waals surface area (Å²) in [5.74, 6) is 3.00. The van der Waals surface area contributed by atoms with E-state index in [2.05, 4.69) is 24.3 Å². The molecule has 0 aliphatic heterocycles. The largest absolute Gasteiger partial charge is 0.383 e. The van der Waals surface area contributed by atoms with Gasteiger partial charge in [-0.05, 0) is 42.9 Å². The van der Waals surface area contributed by atoms with Gasteiger partial charge in [-0.1, -0.05) is 20.3 Å². The van der Waals surface area contributed by atoms with Gasteiger partial charge in [-0.15, -0.1) is 0 Å². The lowest BCUT2D eigenvalue weighted by molar-refractivity contribution is 0.280. The molecule has 3 atom stereocenters. The van der Waals surface area contributed by atoms with Gasteiger partial charge in [0.1, 0.15) is 0 Å². The molecule has 4 nitrogen and oxygen atoms in total. The lowest BCUT2D eigenvalue weighted by Gasteiger charge is -2.21. The van der Waals surface area contributed by atoms with Crippen LogP contribution < -0.4 is 10.9 Å². The first-order chi connectivity index (χ1) is 9.61. The predicted octanol–water partition coefficient (Wildman–Crippen LogP) is 2.75. The van der Waals surface area contributed by atoms with Crippen molar-refractivity contribution >= 4 is 5.69 Å². The minimum atomic E-state index is 0.0292. The van der Waals surface area contributed by atoms with Gasteiger partial charge in [-0.25, -0.2) is 4.68 Å². The molecule has 0 radical (unpaired) electrons. The Morgan fingerprint density at radius 3 is 2.85 bits per heavy atom. The molecule has 2 fully saturated rings. The van der Waals surface area contributed by atoms with Gasteiger partial charge in [-0.2, -0.15) is 5.10 Å². The second-order valence-electron chi connectivity index (χ2n) is 6.97. The van der Waals surface area contributed by atoms with E-state index < -0.39 is 0 Å². The fourth-order valence-electron chi connectivity index (χ4n) is 3.81. The summed E-state index contributed by atoms with van der Waals surface area (Å²) < 4.78 is 1.66. The van der Waals surface area contributed by atoms with Crippen molar-refractivity contribution in [2.75, 3.05) is 11.9 Å². The van der Waals surface area contributed by atoms with Crippen LogP contribution in [0.2, 0.25) is 0 Å². The van der Waals surface area contributed by atoms with Gasteiger partial charge in [0.2, 0.25) is 0 Å². The molecule has 1 aromatic heterocycles. The number of hydrogen-bond acceptors (Lipinski definition) is 3. The molecular weight excluding hydrogens is 250 g/mol. The average Bonchev–Trinajstić information content (AvgIpc) is 3.01. The summed E-state index contributed by atoms with van der Waals surface area (Å²) in [6.45, 7) is 5.98. The molecular formula is C16H25N3O. The monoisotopic (exact) mass is 275 g/mol. The number of fused-ring (bicyclic) bond motifs is 2. The van der Waals surface area contributed by atoms with Crippen molar-refractivity contribution in [2.24, 2.45) is 23.7 Å². The number of nitrogens with one attached hydrogen (secondary N) is 1. The summed E-state index contributed by atoms with van der Waals surface area (Å²) in [4.78, 5) is 12.1. The normalized spacial score (nSPS) is 28.2. The molecule has 0 saturated heterocycles. The average molecular weight is 275 g/mol. The maximum absolute atomic E-state index is 12.1. The molecule has 110 valence electrons. The molecule has 0 amide bonds. The van der Waals surface area contributed by atoms with Crippen LogP contribution >= 0.6 is 0 Å². The van der Waals surface area contributed by atoms with E-state index in [1.54, 1.807) is 16.9 Å². The smallest absolute Gasteiger partial charge is 0.268 e. The zero-order valence-electron chi connectivity index (χ0n) is 12.5. The molecule has 3 unspecified atom stereocenters. The van der Waals surface area contributed by atoms with Crippen LogP contribution in [0.5, 0.6) is 0 Å². The van der Waals surface area contributed by atoms with E-state index >= 15 is 0 Å². The van der Waals surface area contributed by atoms with Crippen LogP contribution in [0, 0.1) is 23.7 Å². The summed E-state index contributed by atoms with van der Waals surface area (Å²) in [5, 5.41) is 7.60. The second kappa shape index (κ2) is 5.58. The number of nitrogens with zero attached hydrogens (tertiary/aromatic N) is 2. The zero-order chi connectivity index (χ0) is 14.1. The Kier molecular flexibility index (Phi) is 3.81. The molecule has 0 spiro atoms. The first kappa shape index (κ1) is 13.7. The summed E-state index contributed by atoms with van der Waals surface area (Å²) in [6, 6.07) is 1.68. The predicted molar refractivity (Wildman–Crippen MR) is 80.8 cm³/mol. The number of rotatable bonds is 5. The van der Waals surface area contributed by atoms with Crippen molar-refractivity contribution in [3.05, 3.63) is 22.6 Å². The minimum Gasteiger partial charge on any atom is -0.383 e. The molecule has 3 rings (SSSR count). The van der Waals surface area contributed by atoms with E-state index in [1.807, 2.05) is 0 Å². The zero-order valence-corrected chi connectivity index (χ0v) is 12.5. The molecule has 1 N–H and O–H groups in total. The Balaban J connectivity index is 1.64. The van der Waals surface area contributed by atoms with Crippen LogP contribution in [-0.4, -0.2) is 16.3 Å². The standard InChI is InChI=1S/C16H25N3O/c1-11(2)8-17-15-7-16(20)19(18-9-15)10-14-6-12-3-4-13(14)5-12/h7,9,11-14,17H,3-6,8,10H2,1-2H3. The highest BCUT2D eigenvalue weighted by Crippen LogP contribution is 2.48. The van der Waals surface area contributed by atoms with Crippen molar-refractivity contribution in [3.63, 3.8) is 0 Å². The van der Waals surface area contributed by atoms with E-state index in [4.69, 9.17) is 0 Å². The molecule has 1 heterocycles. The fourth-order valence-corrected chi connectivity index (χ4v) is 3.81. The van der Waals surface area contributed by atoms with Crippen molar-refractivity contribution in [2.45, 2.75) is 46.1 Å². The highest BCUT2D eigenvalue weighted by Gasteiger charge is 2.39. The third kappa shape index (κ3) is 2.89. The Morgan fingerprint density at radius 1 is 1.40 bits per heavy atom. The van der Waals surface area contributed by atoms with Gasteiger partial charge in [0.05, 0.1) is 11.9 Å². The first-order valence-corrected chi connectivity index (χ1v) is 7.93. The molecule has 2 aliphatic rings. The third-order valence-corrected chi connectivity index (χ3v) is 4.88.